The minimum atomic E-state index is -1.38. The highest BCUT2D eigenvalue weighted by Crippen LogP contribution is 2.16. The van der Waals surface area contributed by atoms with Gasteiger partial charge in [-0.2, -0.15) is 5.10 Å². The van der Waals surface area contributed by atoms with Gasteiger partial charge < -0.3 is 51.8 Å². The molecule has 1 aromatic carbocycles. The first-order valence-electron chi connectivity index (χ1n) is 19.4. The summed E-state index contributed by atoms with van der Waals surface area (Å²) in [5.74, 6) is -7.22. The minimum absolute atomic E-state index is 0.0187. The number of benzene rings is 1. The highest BCUT2D eigenvalue weighted by molar-refractivity contribution is 5.98. The van der Waals surface area contributed by atoms with Crippen molar-refractivity contribution in [2.75, 3.05) is 83.9 Å². The first-order valence-corrected chi connectivity index (χ1v) is 19.4. The van der Waals surface area contributed by atoms with Crippen molar-refractivity contribution in [3.8, 4) is 0 Å². The molecule has 10 N–H and O–H groups in total. The van der Waals surface area contributed by atoms with Crippen LogP contribution >= 0.6 is 0 Å². The van der Waals surface area contributed by atoms with Crippen LogP contribution in [0, 0.1) is 0 Å². The van der Waals surface area contributed by atoms with Crippen LogP contribution in [0.3, 0.4) is 0 Å². The van der Waals surface area contributed by atoms with E-state index in [0.29, 0.717) is 43.9 Å². The number of hydrogen-bond donors (Lipinski definition) is 10. The zero-order valence-corrected chi connectivity index (χ0v) is 33.5. The molecular formula is C37H53N11O13. The summed E-state index contributed by atoms with van der Waals surface area (Å²) >= 11 is 0. The minimum Gasteiger partial charge on any atom is -0.480 e. The number of carbonyl (C=O) groups is 8. The van der Waals surface area contributed by atoms with Crippen molar-refractivity contribution >= 4 is 64.4 Å². The van der Waals surface area contributed by atoms with E-state index in [1.807, 2.05) is 4.68 Å². The van der Waals surface area contributed by atoms with Crippen LogP contribution in [0.2, 0.25) is 0 Å². The molecule has 2 aromatic heterocycles. The lowest BCUT2D eigenvalue weighted by atomic mass is 10.1. The average molecular weight is 860 g/mol. The average Bonchev–Trinajstić information content (AvgIpc) is 3.86. The van der Waals surface area contributed by atoms with E-state index in [4.69, 9.17) is 10.2 Å². The summed E-state index contributed by atoms with van der Waals surface area (Å²) in [4.78, 5) is 106. The predicted molar refractivity (Wildman–Crippen MR) is 215 cm³/mol. The molecule has 0 aliphatic rings. The first kappa shape index (κ1) is 48.7. The number of aromatic nitrogens is 4. The maximum absolute atomic E-state index is 12.9. The summed E-state index contributed by atoms with van der Waals surface area (Å²) in [6, 6.07) is 3.63. The molecule has 0 unspecified atom stereocenters. The summed E-state index contributed by atoms with van der Waals surface area (Å²) in [6.07, 6.45) is 7.04. The number of fused-ring (bicyclic) bond motifs is 1. The summed E-state index contributed by atoms with van der Waals surface area (Å²) in [7, 11) is 0. The molecule has 0 saturated carbocycles. The zero-order valence-electron chi connectivity index (χ0n) is 33.5. The van der Waals surface area contributed by atoms with E-state index in [1.165, 1.54) is 9.80 Å². The van der Waals surface area contributed by atoms with E-state index in [1.54, 1.807) is 36.8 Å². The van der Waals surface area contributed by atoms with Crippen molar-refractivity contribution in [3.05, 3.63) is 42.4 Å². The van der Waals surface area contributed by atoms with Crippen molar-refractivity contribution in [3.63, 3.8) is 0 Å². The number of nitrogens with zero attached hydrogens (tertiary/aromatic N) is 6. The van der Waals surface area contributed by atoms with E-state index >= 15 is 0 Å². The molecule has 0 radical (unpaired) electrons. The van der Waals surface area contributed by atoms with Crippen molar-refractivity contribution in [1.82, 2.24) is 50.4 Å². The van der Waals surface area contributed by atoms with Crippen LogP contribution in [0.5, 0.6) is 0 Å². The number of aryl methyl sites for hydroxylation is 1. The number of aliphatic carboxylic acids is 5. The van der Waals surface area contributed by atoms with E-state index in [-0.39, 0.29) is 52.2 Å². The van der Waals surface area contributed by atoms with Gasteiger partial charge in [-0.15, -0.1) is 0 Å². The van der Waals surface area contributed by atoms with Crippen molar-refractivity contribution in [1.29, 1.82) is 0 Å². The summed E-state index contributed by atoms with van der Waals surface area (Å²) in [5.41, 5.74) is 1.12. The Hall–Kier alpha value is -6.66. The predicted octanol–water partition coefficient (Wildman–Crippen LogP) is -1.52. The third-order valence-electron chi connectivity index (χ3n) is 9.01. The van der Waals surface area contributed by atoms with Crippen LogP contribution in [0.1, 0.15) is 42.5 Å². The van der Waals surface area contributed by atoms with Gasteiger partial charge in [-0.1, -0.05) is 6.42 Å². The van der Waals surface area contributed by atoms with E-state index < -0.39 is 79.8 Å². The smallest absolute Gasteiger partial charge is 0.328 e. The highest BCUT2D eigenvalue weighted by atomic mass is 16.4. The lowest BCUT2D eigenvalue weighted by Gasteiger charge is -2.27. The van der Waals surface area contributed by atoms with Gasteiger partial charge in [0, 0.05) is 82.1 Å². The normalized spacial score (nSPS) is 11.7. The number of rotatable bonds is 32. The Morgan fingerprint density at radius 1 is 0.705 bits per heavy atom. The number of nitrogens with one attached hydrogen (secondary N) is 5. The molecule has 24 heteroatoms. The number of hydrogen-bond acceptors (Lipinski definition) is 14. The molecule has 0 spiro atoms. The Labute approximate surface area is 349 Å². The molecule has 24 nitrogen and oxygen atoms in total. The number of amides is 3. The Balaban J connectivity index is 1.36. The molecule has 3 amide bonds. The molecule has 0 bridgehead atoms. The fourth-order valence-electron chi connectivity index (χ4n) is 6.07. The number of unbranched alkanes of at least 4 members (excludes halogenated alkanes) is 2. The van der Waals surface area contributed by atoms with Gasteiger partial charge in [-0.05, 0) is 37.5 Å². The number of carboxylic acids is 5. The highest BCUT2D eigenvalue weighted by Gasteiger charge is 2.22. The molecular weight excluding hydrogens is 806 g/mol. The quantitative estimate of drug-likeness (QED) is 0.0319. The van der Waals surface area contributed by atoms with Gasteiger partial charge in [0.2, 0.25) is 11.8 Å². The van der Waals surface area contributed by atoms with Crippen LogP contribution in [-0.2, 0) is 40.1 Å². The van der Waals surface area contributed by atoms with Gasteiger partial charge in [0.15, 0.2) is 5.95 Å². The summed E-state index contributed by atoms with van der Waals surface area (Å²) < 4.78 is 1.82. The molecule has 0 saturated heterocycles. The number of anilines is 1. The van der Waals surface area contributed by atoms with Crippen molar-refractivity contribution < 1.29 is 63.9 Å². The van der Waals surface area contributed by atoms with E-state index in [2.05, 4.69) is 36.3 Å². The molecule has 334 valence electrons. The SMILES string of the molecule is O=C(O)CN(CCN(CC(=O)O)CC(=O)O)CCN(CC(=O)O)CC(=O)NCCCCCC(=O)N[C@@H](CNC(=O)c1ccc2c(cnn2CCCNc2ncc[nH]2)c1)C(=O)O. The third kappa shape index (κ3) is 19.3. The summed E-state index contributed by atoms with van der Waals surface area (Å²) in [6.45, 7) is -1.60. The number of carbonyl (C=O) groups excluding carboxylic acids is 3. The fourth-order valence-corrected chi connectivity index (χ4v) is 6.07. The van der Waals surface area contributed by atoms with Crippen LogP contribution in [0.4, 0.5) is 5.95 Å². The lowest BCUT2D eigenvalue weighted by Crippen LogP contribution is -2.48. The van der Waals surface area contributed by atoms with Crippen LogP contribution in [0.15, 0.2) is 36.8 Å². The van der Waals surface area contributed by atoms with Crippen molar-refractivity contribution in [2.45, 2.75) is 44.7 Å². The van der Waals surface area contributed by atoms with Gasteiger partial charge in [-0.25, -0.2) is 9.78 Å². The number of carboxylic acid groups (broad SMARTS) is 5. The van der Waals surface area contributed by atoms with Crippen LogP contribution < -0.4 is 21.3 Å². The first-order chi connectivity index (χ1) is 29.1. The van der Waals surface area contributed by atoms with Crippen LogP contribution in [0.25, 0.3) is 10.9 Å². The molecule has 3 aromatic rings. The van der Waals surface area contributed by atoms with E-state index in [9.17, 15) is 53.7 Å². The molecule has 0 aliphatic carbocycles. The lowest BCUT2D eigenvalue weighted by molar-refractivity contribution is -0.143. The second-order valence-corrected chi connectivity index (χ2v) is 14.0. The molecule has 0 fully saturated rings. The Morgan fingerprint density at radius 2 is 1.33 bits per heavy atom. The molecule has 61 heavy (non-hydrogen) atoms. The number of imidazole rings is 1. The zero-order chi connectivity index (χ0) is 44.7. The number of aromatic amines is 1. The standard InChI is InChI=1S/C37H53N11O13/c49-29(44-27(36(60)61)19-42-35(59)25-6-7-28-26(17-25)18-43-48(28)12-4-9-39-37-40-10-11-41-37)5-2-1-3-8-38-30(50)20-46(22-32(53)54)15-13-45(21-31(51)52)14-16-47(23-33(55)56)24-34(57)58/h6-7,10-11,17-18,27H,1-5,8-9,12-16,19-24H2,(H,38,50)(H,42,59)(H,44,49)(H,51,52)(H,53,54)(H,55,56)(H,57,58)(H,60,61)(H2,39,40,41)/t27-/m0/s1. The maximum atomic E-state index is 12.9. The topological polar surface area (TPSA) is 342 Å². The third-order valence-corrected chi connectivity index (χ3v) is 9.01. The summed E-state index contributed by atoms with van der Waals surface area (Å²) in [5, 5.41) is 62.3. The largest absolute Gasteiger partial charge is 0.480 e. The molecule has 3 rings (SSSR count). The number of H-pyrrole nitrogens is 1. The van der Waals surface area contributed by atoms with Gasteiger partial charge in [0.05, 0.1) is 44.4 Å². The van der Waals surface area contributed by atoms with E-state index in [0.717, 1.165) is 22.2 Å². The molecule has 2 heterocycles. The van der Waals surface area contributed by atoms with Gasteiger partial charge in [0.1, 0.15) is 6.04 Å². The molecule has 0 aliphatic heterocycles. The Morgan fingerprint density at radius 3 is 1.93 bits per heavy atom. The Bertz CT molecular complexity index is 1920. The molecule has 1 atom stereocenters. The second kappa shape index (κ2) is 25.7. The fraction of sp³-hybridized carbons (Fsp3) is 0.514. The van der Waals surface area contributed by atoms with Gasteiger partial charge >= 0.3 is 29.8 Å². The second-order valence-electron chi connectivity index (χ2n) is 14.0. The van der Waals surface area contributed by atoms with Gasteiger partial charge in [-0.3, -0.25) is 52.9 Å². The van der Waals surface area contributed by atoms with Gasteiger partial charge in [0.25, 0.3) is 5.91 Å². The maximum Gasteiger partial charge on any atom is 0.328 e. The van der Waals surface area contributed by atoms with Crippen molar-refractivity contribution in [2.24, 2.45) is 0 Å². The monoisotopic (exact) mass is 859 g/mol. The van der Waals surface area contributed by atoms with Crippen LogP contribution in [-0.4, -0.2) is 192 Å². The Kier molecular flexibility index (Phi) is 20.6.